The second-order valence-corrected chi connectivity index (χ2v) is 5.93. The van der Waals surface area contributed by atoms with Crippen molar-refractivity contribution in [1.29, 1.82) is 0 Å². The molecule has 1 unspecified atom stereocenters. The first-order chi connectivity index (χ1) is 9.33. The molecule has 0 fully saturated rings. The third-order valence-electron chi connectivity index (χ3n) is 3.68. The van der Waals surface area contributed by atoms with Crippen molar-refractivity contribution in [3.8, 4) is 0 Å². The molecule has 1 nitrogen and oxygen atoms in total. The highest BCUT2D eigenvalue weighted by Crippen LogP contribution is 2.32. The normalized spacial score (nSPS) is 18.1. The molecule has 0 saturated heterocycles. The minimum atomic E-state index is 0.258. The number of hydrogen-bond acceptors (Lipinski definition) is 1. The summed E-state index contributed by atoms with van der Waals surface area (Å²) in [6, 6.07) is 17.0. The molecule has 2 aromatic carbocycles. The summed E-state index contributed by atoms with van der Waals surface area (Å²) in [6.07, 6.45) is 3.80. The van der Waals surface area contributed by atoms with Gasteiger partial charge in [0.15, 0.2) is 0 Å². The lowest BCUT2D eigenvalue weighted by Crippen LogP contribution is -2.12. The Kier molecular flexibility index (Phi) is 4.00. The maximum Gasteiger partial charge on any atom is 0.0832 e. The number of aryl methyl sites for hydroxylation is 1. The van der Waals surface area contributed by atoms with Crippen molar-refractivity contribution in [1.82, 2.24) is 0 Å². The van der Waals surface area contributed by atoms with Crippen LogP contribution >= 0.6 is 15.9 Å². The highest BCUT2D eigenvalue weighted by atomic mass is 79.9. The predicted octanol–water partition coefficient (Wildman–Crippen LogP) is 5.04. The van der Waals surface area contributed by atoms with Crippen LogP contribution in [0.1, 0.15) is 35.6 Å². The molecule has 19 heavy (non-hydrogen) atoms. The van der Waals surface area contributed by atoms with Crippen molar-refractivity contribution in [3.63, 3.8) is 0 Å². The fraction of sp³-hybridized carbons (Fsp3) is 0.294. The first-order valence-corrected chi connectivity index (χ1v) is 7.56. The fourth-order valence-corrected chi connectivity index (χ4v) is 2.92. The van der Waals surface area contributed by atoms with Crippen molar-refractivity contribution in [3.05, 3.63) is 69.7 Å². The van der Waals surface area contributed by atoms with Crippen LogP contribution in [0.4, 0.5) is 0 Å². The molecule has 0 saturated carbocycles. The third kappa shape index (κ3) is 3.07. The van der Waals surface area contributed by atoms with E-state index in [9.17, 15) is 0 Å². The van der Waals surface area contributed by atoms with Crippen LogP contribution in [0.25, 0.3) is 0 Å². The SMILES string of the molecule is Brc1ccc(COC2CCCc3ccccc32)cc1. The van der Waals surface area contributed by atoms with Crippen LogP contribution in [0.2, 0.25) is 0 Å². The molecule has 0 amide bonds. The Morgan fingerprint density at radius 3 is 2.68 bits per heavy atom. The molecule has 2 aromatic rings. The van der Waals surface area contributed by atoms with Crippen LogP contribution in [0, 0.1) is 0 Å². The van der Waals surface area contributed by atoms with Gasteiger partial charge in [-0.25, -0.2) is 0 Å². The van der Waals surface area contributed by atoms with Crippen LogP contribution in [0.5, 0.6) is 0 Å². The van der Waals surface area contributed by atoms with Gasteiger partial charge in [-0.3, -0.25) is 0 Å². The lowest BCUT2D eigenvalue weighted by molar-refractivity contribution is 0.0283. The van der Waals surface area contributed by atoms with Gasteiger partial charge in [0.1, 0.15) is 0 Å². The molecule has 98 valence electrons. The Bertz CT molecular complexity index is 547. The Morgan fingerprint density at radius 1 is 1.05 bits per heavy atom. The predicted molar refractivity (Wildman–Crippen MR) is 81.1 cm³/mol. The minimum Gasteiger partial charge on any atom is -0.369 e. The first-order valence-electron chi connectivity index (χ1n) is 6.77. The Labute approximate surface area is 122 Å². The molecule has 0 heterocycles. The smallest absolute Gasteiger partial charge is 0.0832 e. The summed E-state index contributed by atoms with van der Waals surface area (Å²) in [6.45, 7) is 0.687. The molecule has 3 rings (SSSR count). The molecule has 0 aliphatic heterocycles. The van der Waals surface area contributed by atoms with E-state index in [1.807, 2.05) is 0 Å². The maximum atomic E-state index is 6.12. The van der Waals surface area contributed by atoms with E-state index >= 15 is 0 Å². The van der Waals surface area contributed by atoms with Crippen LogP contribution in [0.15, 0.2) is 53.0 Å². The zero-order valence-corrected chi connectivity index (χ0v) is 12.4. The van der Waals surface area contributed by atoms with Gasteiger partial charge in [0.05, 0.1) is 12.7 Å². The fourth-order valence-electron chi connectivity index (χ4n) is 2.66. The molecular formula is C17H17BrO. The summed E-state index contributed by atoms with van der Waals surface area (Å²) >= 11 is 3.45. The first kappa shape index (κ1) is 12.9. The standard InChI is InChI=1S/C17H17BrO/c18-15-10-8-13(9-11-15)12-19-17-7-3-5-14-4-1-2-6-16(14)17/h1-2,4,6,8-11,17H,3,5,7,12H2. The summed E-state index contributed by atoms with van der Waals surface area (Å²) in [5, 5.41) is 0. The van der Waals surface area contributed by atoms with Crippen LogP contribution in [0.3, 0.4) is 0 Å². The van der Waals surface area contributed by atoms with Crippen molar-refractivity contribution in [2.45, 2.75) is 32.0 Å². The van der Waals surface area contributed by atoms with E-state index in [0.717, 1.165) is 10.9 Å². The number of halogens is 1. The van der Waals surface area contributed by atoms with Crippen LogP contribution in [-0.2, 0) is 17.8 Å². The summed E-state index contributed by atoms with van der Waals surface area (Å²) < 4.78 is 7.23. The van der Waals surface area contributed by atoms with Crippen molar-refractivity contribution in [2.75, 3.05) is 0 Å². The van der Waals surface area contributed by atoms with Gasteiger partial charge in [0, 0.05) is 4.47 Å². The Balaban J connectivity index is 1.69. The van der Waals surface area contributed by atoms with E-state index in [0.29, 0.717) is 6.61 Å². The maximum absolute atomic E-state index is 6.12. The highest BCUT2D eigenvalue weighted by molar-refractivity contribution is 9.10. The second-order valence-electron chi connectivity index (χ2n) is 5.02. The highest BCUT2D eigenvalue weighted by Gasteiger charge is 2.19. The van der Waals surface area contributed by atoms with Gasteiger partial charge in [-0.2, -0.15) is 0 Å². The van der Waals surface area contributed by atoms with Gasteiger partial charge in [-0.1, -0.05) is 52.3 Å². The van der Waals surface area contributed by atoms with E-state index < -0.39 is 0 Å². The number of ether oxygens (including phenoxy) is 1. The van der Waals surface area contributed by atoms with E-state index in [1.54, 1.807) is 0 Å². The number of fused-ring (bicyclic) bond motifs is 1. The topological polar surface area (TPSA) is 9.23 Å². The van der Waals surface area contributed by atoms with E-state index in [-0.39, 0.29) is 6.10 Å². The van der Waals surface area contributed by atoms with E-state index in [1.165, 1.54) is 29.5 Å². The number of rotatable bonds is 3. The summed E-state index contributed by atoms with van der Waals surface area (Å²) in [5.74, 6) is 0. The van der Waals surface area contributed by atoms with Crippen molar-refractivity contribution < 1.29 is 4.74 Å². The van der Waals surface area contributed by atoms with E-state index in [2.05, 4.69) is 64.5 Å². The second kappa shape index (κ2) is 5.89. The van der Waals surface area contributed by atoms with Gasteiger partial charge >= 0.3 is 0 Å². The van der Waals surface area contributed by atoms with Gasteiger partial charge in [-0.15, -0.1) is 0 Å². The molecule has 1 aliphatic rings. The Hall–Kier alpha value is -1.12. The van der Waals surface area contributed by atoms with Gasteiger partial charge < -0.3 is 4.74 Å². The van der Waals surface area contributed by atoms with Crippen LogP contribution < -0.4 is 0 Å². The average molecular weight is 317 g/mol. The summed E-state index contributed by atoms with van der Waals surface area (Å²) in [4.78, 5) is 0. The number of hydrogen-bond donors (Lipinski definition) is 0. The van der Waals surface area contributed by atoms with E-state index in [4.69, 9.17) is 4.74 Å². The molecule has 0 bridgehead atoms. The van der Waals surface area contributed by atoms with Crippen molar-refractivity contribution in [2.24, 2.45) is 0 Å². The zero-order valence-electron chi connectivity index (χ0n) is 10.8. The van der Waals surface area contributed by atoms with Gasteiger partial charge in [-0.05, 0) is 48.1 Å². The van der Waals surface area contributed by atoms with Gasteiger partial charge in [0.2, 0.25) is 0 Å². The molecule has 0 spiro atoms. The average Bonchev–Trinajstić information content (AvgIpc) is 2.47. The monoisotopic (exact) mass is 316 g/mol. The zero-order chi connectivity index (χ0) is 13.1. The van der Waals surface area contributed by atoms with Crippen LogP contribution in [-0.4, -0.2) is 0 Å². The van der Waals surface area contributed by atoms with Crippen molar-refractivity contribution >= 4 is 15.9 Å². The molecule has 0 aromatic heterocycles. The molecule has 0 N–H and O–H groups in total. The minimum absolute atomic E-state index is 0.258. The molecule has 2 heteroatoms. The molecule has 0 radical (unpaired) electrons. The third-order valence-corrected chi connectivity index (χ3v) is 4.21. The lowest BCUT2D eigenvalue weighted by atomic mass is 9.89. The Morgan fingerprint density at radius 2 is 1.84 bits per heavy atom. The number of benzene rings is 2. The van der Waals surface area contributed by atoms with Gasteiger partial charge in [0.25, 0.3) is 0 Å². The molecule has 1 atom stereocenters. The quantitative estimate of drug-likeness (QED) is 0.770. The molecule has 1 aliphatic carbocycles. The molecular weight excluding hydrogens is 300 g/mol. The summed E-state index contributed by atoms with van der Waals surface area (Å²) in [5.41, 5.74) is 4.06. The lowest BCUT2D eigenvalue weighted by Gasteiger charge is -2.25. The summed E-state index contributed by atoms with van der Waals surface area (Å²) in [7, 11) is 0. The largest absolute Gasteiger partial charge is 0.369 e.